The second kappa shape index (κ2) is 8.48. The van der Waals surface area contributed by atoms with Gasteiger partial charge in [-0.3, -0.25) is 0 Å². The van der Waals surface area contributed by atoms with Crippen LogP contribution in [-0.2, 0) is 16.6 Å². The second-order valence-electron chi connectivity index (χ2n) is 7.26. The number of rotatable bonds is 6. The van der Waals surface area contributed by atoms with Gasteiger partial charge in [-0.15, -0.1) is 5.10 Å². The minimum absolute atomic E-state index is 0.00710. The van der Waals surface area contributed by atoms with E-state index in [-0.39, 0.29) is 17.9 Å². The number of sulfonamides is 1. The van der Waals surface area contributed by atoms with E-state index in [2.05, 4.69) is 20.4 Å². The molecular weight excluding hydrogens is 448 g/mol. The van der Waals surface area contributed by atoms with Gasteiger partial charge in [0.2, 0.25) is 10.0 Å². The van der Waals surface area contributed by atoms with Crippen LogP contribution in [0.3, 0.4) is 0 Å². The van der Waals surface area contributed by atoms with E-state index in [1.165, 1.54) is 17.8 Å². The van der Waals surface area contributed by atoms with Gasteiger partial charge in [-0.1, -0.05) is 23.3 Å². The summed E-state index contributed by atoms with van der Waals surface area (Å²) in [4.78, 5) is -0.458. The summed E-state index contributed by atoms with van der Waals surface area (Å²) >= 11 is 0. The molecule has 2 aromatic carbocycles. The molecular formula is C21H20N6O5S. The molecule has 12 heteroatoms. The first-order valence-electron chi connectivity index (χ1n) is 9.70. The Bertz CT molecular complexity index is 1420. The Labute approximate surface area is 189 Å². The molecule has 0 saturated heterocycles. The number of aromatic nitrogens is 5. The van der Waals surface area contributed by atoms with Crippen molar-refractivity contribution < 1.29 is 23.7 Å². The zero-order valence-electron chi connectivity index (χ0n) is 17.7. The Morgan fingerprint density at radius 3 is 2.42 bits per heavy atom. The van der Waals surface area contributed by atoms with Crippen molar-refractivity contribution in [2.75, 3.05) is 7.05 Å². The summed E-state index contributed by atoms with van der Waals surface area (Å²) in [6.07, 6.45) is 1.47. The van der Waals surface area contributed by atoms with Crippen molar-refractivity contribution in [2.45, 2.75) is 18.4 Å². The summed E-state index contributed by atoms with van der Waals surface area (Å²) < 4.78 is 28.7. The van der Waals surface area contributed by atoms with E-state index in [0.717, 1.165) is 22.0 Å². The Kier molecular flexibility index (Phi) is 5.70. The number of nitrogens with zero attached hydrogens (tertiary/aromatic N) is 6. The maximum Gasteiger partial charge on any atom is 0.319 e. The molecule has 0 saturated carbocycles. The molecule has 2 heterocycles. The van der Waals surface area contributed by atoms with Crippen LogP contribution < -0.4 is 0 Å². The predicted molar refractivity (Wildman–Crippen MR) is 117 cm³/mol. The molecule has 0 radical (unpaired) electrons. The summed E-state index contributed by atoms with van der Waals surface area (Å²) in [5, 5.41) is 46.4. The van der Waals surface area contributed by atoms with E-state index in [1.807, 2.05) is 19.1 Å². The van der Waals surface area contributed by atoms with Gasteiger partial charge in [-0.2, -0.15) is 14.5 Å². The van der Waals surface area contributed by atoms with Crippen LogP contribution in [0.2, 0.25) is 0 Å². The van der Waals surface area contributed by atoms with Gasteiger partial charge < -0.3 is 15.3 Å². The number of hydrogen-bond acceptors (Lipinski definition) is 9. The third-order valence-corrected chi connectivity index (χ3v) is 6.85. The highest BCUT2D eigenvalue weighted by Gasteiger charge is 2.28. The Hall–Kier alpha value is -4.03. The quantitative estimate of drug-likeness (QED) is 0.385. The predicted octanol–water partition coefficient (Wildman–Crippen LogP) is 1.97. The van der Waals surface area contributed by atoms with E-state index < -0.39 is 32.4 Å². The number of benzene rings is 2. The monoisotopic (exact) mass is 468 g/mol. The first-order valence-corrected chi connectivity index (χ1v) is 11.1. The molecule has 0 fully saturated rings. The Morgan fingerprint density at radius 1 is 0.970 bits per heavy atom. The zero-order chi connectivity index (χ0) is 23.8. The lowest BCUT2D eigenvalue weighted by atomic mass is 10.1. The lowest BCUT2D eigenvalue weighted by Crippen LogP contribution is -2.27. The van der Waals surface area contributed by atoms with E-state index in [1.54, 1.807) is 24.3 Å². The molecule has 11 nitrogen and oxygen atoms in total. The van der Waals surface area contributed by atoms with E-state index in [9.17, 15) is 23.7 Å². The smallest absolute Gasteiger partial charge is 0.319 e. The standard InChI is InChI=1S/C21H20N6O5S/c1-13-6-3-4-8-16(13)27-20(24-25-21(27)30)15-10-19(18(29)11-17(15)28)33(31,32)26(2)12-14-7-5-9-22-23-14/h3-11,28-29H,12H2,1-2H3,(H,25,30). The van der Waals surface area contributed by atoms with Crippen molar-refractivity contribution in [2.24, 2.45) is 0 Å². The van der Waals surface area contributed by atoms with E-state index in [4.69, 9.17) is 0 Å². The van der Waals surface area contributed by atoms with Crippen LogP contribution in [-0.4, -0.2) is 60.1 Å². The normalized spacial score (nSPS) is 11.7. The molecule has 33 heavy (non-hydrogen) atoms. The molecule has 0 aliphatic carbocycles. The van der Waals surface area contributed by atoms with Gasteiger partial charge in [-0.05, 0) is 36.8 Å². The van der Waals surface area contributed by atoms with Gasteiger partial charge in [-0.25, -0.2) is 13.0 Å². The Morgan fingerprint density at radius 2 is 1.73 bits per heavy atom. The lowest BCUT2D eigenvalue weighted by molar-refractivity contribution is 0.420. The fourth-order valence-electron chi connectivity index (χ4n) is 3.33. The number of aryl methyl sites for hydroxylation is 1. The van der Waals surface area contributed by atoms with Crippen LogP contribution >= 0.6 is 0 Å². The third kappa shape index (κ3) is 4.08. The topological polar surface area (TPSA) is 155 Å². The van der Waals surface area contributed by atoms with Crippen molar-refractivity contribution in [3.8, 4) is 34.6 Å². The highest BCUT2D eigenvalue weighted by molar-refractivity contribution is 7.89. The number of phenols is 2. The molecule has 4 aromatic rings. The van der Waals surface area contributed by atoms with Gasteiger partial charge in [0, 0.05) is 19.3 Å². The minimum Gasteiger partial charge on any atom is -0.507 e. The molecule has 0 unspecified atom stereocenters. The molecule has 0 spiro atoms. The highest BCUT2D eigenvalue weighted by Crippen LogP contribution is 2.39. The first kappa shape index (κ1) is 22.2. The van der Waals surface area contributed by atoms with Crippen LogP contribution in [0.1, 0.15) is 11.3 Å². The van der Waals surface area contributed by atoms with Crippen LogP contribution in [0.5, 0.6) is 17.5 Å². The average molecular weight is 468 g/mol. The van der Waals surface area contributed by atoms with E-state index in [0.29, 0.717) is 11.4 Å². The summed E-state index contributed by atoms with van der Waals surface area (Å²) in [6.45, 7) is 1.72. The van der Waals surface area contributed by atoms with Crippen molar-refractivity contribution in [3.63, 3.8) is 0 Å². The molecule has 4 rings (SSSR count). The summed E-state index contributed by atoms with van der Waals surface area (Å²) in [5.74, 6) is -1.09. The number of para-hydroxylation sites is 1. The molecule has 0 bridgehead atoms. The highest BCUT2D eigenvalue weighted by atomic mass is 32.2. The van der Waals surface area contributed by atoms with Crippen LogP contribution in [0.25, 0.3) is 17.1 Å². The van der Waals surface area contributed by atoms with Gasteiger partial charge in [0.25, 0.3) is 0 Å². The van der Waals surface area contributed by atoms with Crippen molar-refractivity contribution in [1.82, 2.24) is 29.3 Å². The van der Waals surface area contributed by atoms with Gasteiger partial charge in [0.15, 0.2) is 5.82 Å². The van der Waals surface area contributed by atoms with Crippen LogP contribution in [0.15, 0.2) is 59.6 Å². The van der Waals surface area contributed by atoms with Gasteiger partial charge in [0.05, 0.1) is 23.5 Å². The number of aromatic hydroxyl groups is 3. The fraction of sp³-hybridized carbons (Fsp3) is 0.143. The summed E-state index contributed by atoms with van der Waals surface area (Å²) in [5.41, 5.74) is 1.68. The summed E-state index contributed by atoms with van der Waals surface area (Å²) in [7, 11) is -2.88. The van der Waals surface area contributed by atoms with Crippen molar-refractivity contribution in [3.05, 3.63) is 66.0 Å². The Balaban J connectivity index is 1.82. The SMILES string of the molecule is Cc1ccccc1-n1c(O)nnc1-c1cc(S(=O)(=O)N(C)Cc2cccnn2)c(O)cc1O. The second-order valence-corrected chi connectivity index (χ2v) is 9.27. The maximum absolute atomic E-state index is 13.2. The average Bonchev–Trinajstić information content (AvgIpc) is 3.15. The van der Waals surface area contributed by atoms with Crippen molar-refractivity contribution in [1.29, 1.82) is 0 Å². The van der Waals surface area contributed by atoms with E-state index >= 15 is 0 Å². The molecule has 0 aliphatic heterocycles. The molecule has 170 valence electrons. The third-order valence-electron chi connectivity index (χ3n) is 5.02. The number of phenolic OH excluding ortho intramolecular Hbond substituents is 2. The van der Waals surface area contributed by atoms with Gasteiger partial charge >= 0.3 is 6.01 Å². The maximum atomic E-state index is 13.2. The van der Waals surface area contributed by atoms with Crippen LogP contribution in [0, 0.1) is 6.92 Å². The molecule has 2 aromatic heterocycles. The minimum atomic E-state index is -4.21. The molecule has 0 atom stereocenters. The van der Waals surface area contributed by atoms with Crippen LogP contribution in [0.4, 0.5) is 0 Å². The lowest BCUT2D eigenvalue weighted by Gasteiger charge is -2.18. The zero-order valence-corrected chi connectivity index (χ0v) is 18.5. The fourth-order valence-corrected chi connectivity index (χ4v) is 4.56. The summed E-state index contributed by atoms with van der Waals surface area (Å²) in [6, 6.07) is 11.9. The van der Waals surface area contributed by atoms with Gasteiger partial charge in [0.1, 0.15) is 16.4 Å². The molecule has 3 N–H and O–H groups in total. The number of hydrogen-bond donors (Lipinski definition) is 3. The molecule has 0 aliphatic rings. The molecule has 0 amide bonds. The van der Waals surface area contributed by atoms with Crippen molar-refractivity contribution >= 4 is 10.0 Å². The largest absolute Gasteiger partial charge is 0.507 e. The first-order chi connectivity index (χ1) is 15.7.